The van der Waals surface area contributed by atoms with Crippen LogP contribution in [-0.4, -0.2) is 46.1 Å². The van der Waals surface area contributed by atoms with Crippen molar-refractivity contribution in [2.75, 3.05) is 33.4 Å². The molecule has 0 aliphatic heterocycles. The Hall–Kier alpha value is -1.02. The fraction of sp³-hybridized carbons (Fsp3) is 0.455. The van der Waals surface area contributed by atoms with E-state index in [2.05, 4.69) is 0 Å². The summed E-state index contributed by atoms with van der Waals surface area (Å²) < 4.78 is 43.3. The summed E-state index contributed by atoms with van der Waals surface area (Å²) in [4.78, 5) is -0.0659. The average molecular weight is 276 g/mol. The van der Waals surface area contributed by atoms with Crippen LogP contribution in [-0.2, 0) is 14.8 Å². The highest BCUT2D eigenvalue weighted by Crippen LogP contribution is 2.14. The fourth-order valence-electron chi connectivity index (χ4n) is 1.31. The molecule has 0 aliphatic rings. The summed E-state index contributed by atoms with van der Waals surface area (Å²) in [5.74, 6) is -0.580. The molecule has 0 unspecified atom stereocenters. The van der Waals surface area contributed by atoms with Crippen molar-refractivity contribution in [1.29, 1.82) is 0 Å². The average Bonchev–Trinajstić information content (AvgIpc) is 2.34. The molecule has 0 saturated heterocycles. The second-order valence-electron chi connectivity index (χ2n) is 3.68. The second kappa shape index (κ2) is 6.79. The number of ether oxygens (including phenoxy) is 1. The first-order valence-corrected chi connectivity index (χ1v) is 6.92. The van der Waals surface area contributed by atoms with E-state index in [9.17, 15) is 12.8 Å². The molecule has 2 N–H and O–H groups in total. The number of benzene rings is 1. The van der Waals surface area contributed by atoms with Gasteiger partial charge in [-0.05, 0) is 18.2 Å². The number of rotatable bonds is 7. The third kappa shape index (κ3) is 4.02. The maximum atomic E-state index is 13.0. The van der Waals surface area contributed by atoms with E-state index in [1.807, 2.05) is 0 Å². The molecule has 5 nitrogen and oxygen atoms in total. The van der Waals surface area contributed by atoms with E-state index in [1.165, 1.54) is 25.2 Å². The summed E-state index contributed by atoms with van der Waals surface area (Å²) in [6.45, 7) is 1.22. The highest BCUT2D eigenvalue weighted by Gasteiger charge is 2.20. The van der Waals surface area contributed by atoms with Gasteiger partial charge in [-0.3, -0.25) is 0 Å². The van der Waals surface area contributed by atoms with Gasteiger partial charge in [-0.1, -0.05) is 6.07 Å². The summed E-state index contributed by atoms with van der Waals surface area (Å²) >= 11 is 0. The Morgan fingerprint density at radius 2 is 2.11 bits per heavy atom. The van der Waals surface area contributed by atoms with Gasteiger partial charge in [0.1, 0.15) is 5.82 Å². The maximum absolute atomic E-state index is 13.0. The van der Waals surface area contributed by atoms with Crippen molar-refractivity contribution in [1.82, 2.24) is 4.31 Å². The van der Waals surface area contributed by atoms with Gasteiger partial charge in [0.15, 0.2) is 0 Å². The number of nitrogens with zero attached hydrogens (tertiary/aromatic N) is 1. The lowest BCUT2D eigenvalue weighted by atomic mass is 10.4. The van der Waals surface area contributed by atoms with Crippen molar-refractivity contribution in [3.05, 3.63) is 30.1 Å². The molecular weight excluding hydrogens is 259 g/mol. The summed E-state index contributed by atoms with van der Waals surface area (Å²) in [6.07, 6.45) is 0. The highest BCUT2D eigenvalue weighted by molar-refractivity contribution is 7.89. The molecule has 0 saturated carbocycles. The van der Waals surface area contributed by atoms with Crippen molar-refractivity contribution < 1.29 is 17.5 Å². The van der Waals surface area contributed by atoms with Gasteiger partial charge in [0.05, 0.1) is 18.1 Å². The number of sulfonamides is 1. The first-order valence-electron chi connectivity index (χ1n) is 5.48. The van der Waals surface area contributed by atoms with E-state index in [0.717, 1.165) is 10.4 Å². The minimum atomic E-state index is -3.67. The van der Waals surface area contributed by atoms with Crippen molar-refractivity contribution >= 4 is 10.0 Å². The molecule has 1 rings (SSSR count). The molecule has 0 bridgehead atoms. The first kappa shape index (κ1) is 15.0. The van der Waals surface area contributed by atoms with Crippen molar-refractivity contribution in [2.24, 2.45) is 5.73 Å². The van der Waals surface area contributed by atoms with Crippen LogP contribution in [0.15, 0.2) is 29.2 Å². The largest absolute Gasteiger partial charge is 0.379 e. The zero-order chi connectivity index (χ0) is 13.6. The van der Waals surface area contributed by atoms with Gasteiger partial charge >= 0.3 is 0 Å². The summed E-state index contributed by atoms with van der Waals surface area (Å²) in [5, 5.41) is 0. The number of hydrogen-bond donors (Lipinski definition) is 1. The van der Waals surface area contributed by atoms with Gasteiger partial charge in [0, 0.05) is 20.1 Å². The normalized spacial score (nSPS) is 12.0. The quantitative estimate of drug-likeness (QED) is 0.733. The fourth-order valence-corrected chi connectivity index (χ4v) is 2.49. The molecule has 18 heavy (non-hydrogen) atoms. The molecule has 0 radical (unpaired) electrons. The third-order valence-corrected chi connectivity index (χ3v) is 4.17. The highest BCUT2D eigenvalue weighted by atomic mass is 32.2. The summed E-state index contributed by atoms with van der Waals surface area (Å²) in [6, 6.07) is 4.91. The first-order chi connectivity index (χ1) is 8.48. The van der Waals surface area contributed by atoms with Crippen LogP contribution in [0.3, 0.4) is 0 Å². The van der Waals surface area contributed by atoms with Gasteiger partial charge in [-0.2, -0.15) is 4.31 Å². The zero-order valence-electron chi connectivity index (χ0n) is 10.2. The second-order valence-corrected chi connectivity index (χ2v) is 5.73. The minimum absolute atomic E-state index is 0.0659. The lowest BCUT2D eigenvalue weighted by molar-refractivity contribution is 0.133. The SMILES string of the molecule is CN(CCOCCN)S(=O)(=O)c1cccc(F)c1. The molecule has 102 valence electrons. The van der Waals surface area contributed by atoms with Crippen LogP contribution in [0.2, 0.25) is 0 Å². The van der Waals surface area contributed by atoms with Gasteiger partial charge in [0.25, 0.3) is 0 Å². The van der Waals surface area contributed by atoms with Gasteiger partial charge in [0.2, 0.25) is 10.0 Å². The molecule has 0 aliphatic carbocycles. The van der Waals surface area contributed by atoms with E-state index in [4.69, 9.17) is 10.5 Å². The number of likely N-dealkylation sites (N-methyl/N-ethyl adjacent to an activating group) is 1. The molecular formula is C11H17FN2O3S. The number of nitrogens with two attached hydrogens (primary N) is 1. The zero-order valence-corrected chi connectivity index (χ0v) is 11.0. The van der Waals surface area contributed by atoms with Crippen LogP contribution in [0.4, 0.5) is 4.39 Å². The van der Waals surface area contributed by atoms with Crippen LogP contribution >= 0.6 is 0 Å². The molecule has 1 aromatic rings. The lowest BCUT2D eigenvalue weighted by Gasteiger charge is -2.17. The van der Waals surface area contributed by atoms with Crippen molar-refractivity contribution in [3.8, 4) is 0 Å². The molecule has 0 heterocycles. The van der Waals surface area contributed by atoms with Gasteiger partial charge in [-0.15, -0.1) is 0 Å². The maximum Gasteiger partial charge on any atom is 0.242 e. The molecule has 0 spiro atoms. The van der Waals surface area contributed by atoms with Gasteiger partial charge in [-0.25, -0.2) is 12.8 Å². The molecule has 7 heteroatoms. The molecule has 0 atom stereocenters. The molecule has 0 amide bonds. The summed E-state index contributed by atoms with van der Waals surface area (Å²) in [7, 11) is -2.24. The van der Waals surface area contributed by atoms with Gasteiger partial charge < -0.3 is 10.5 Å². The standard InChI is InChI=1S/C11H17FN2O3S/c1-14(6-8-17-7-5-13)18(15,16)11-4-2-3-10(12)9-11/h2-4,9H,5-8,13H2,1H3. The summed E-state index contributed by atoms with van der Waals surface area (Å²) in [5.41, 5.74) is 5.24. The van der Waals surface area contributed by atoms with E-state index in [0.29, 0.717) is 13.2 Å². The minimum Gasteiger partial charge on any atom is -0.379 e. The van der Waals surface area contributed by atoms with E-state index >= 15 is 0 Å². The van der Waals surface area contributed by atoms with Crippen LogP contribution in [0.5, 0.6) is 0 Å². The van der Waals surface area contributed by atoms with Crippen LogP contribution in [0.1, 0.15) is 0 Å². The Balaban J connectivity index is 2.68. The Morgan fingerprint density at radius 3 is 2.72 bits per heavy atom. The number of halogens is 1. The van der Waals surface area contributed by atoms with E-state index in [-0.39, 0.29) is 18.0 Å². The van der Waals surface area contributed by atoms with E-state index in [1.54, 1.807) is 0 Å². The van der Waals surface area contributed by atoms with Crippen LogP contribution < -0.4 is 5.73 Å². The lowest BCUT2D eigenvalue weighted by Crippen LogP contribution is -2.30. The molecule has 0 aromatic heterocycles. The van der Waals surface area contributed by atoms with Crippen molar-refractivity contribution in [2.45, 2.75) is 4.90 Å². The van der Waals surface area contributed by atoms with E-state index < -0.39 is 15.8 Å². The predicted molar refractivity (Wildman–Crippen MR) is 66.1 cm³/mol. The third-order valence-electron chi connectivity index (χ3n) is 2.32. The Kier molecular flexibility index (Phi) is 5.67. The number of hydrogen-bond acceptors (Lipinski definition) is 4. The van der Waals surface area contributed by atoms with Crippen LogP contribution in [0.25, 0.3) is 0 Å². The van der Waals surface area contributed by atoms with Crippen LogP contribution in [0, 0.1) is 5.82 Å². The molecule has 0 fully saturated rings. The monoisotopic (exact) mass is 276 g/mol. The smallest absolute Gasteiger partial charge is 0.242 e. The Labute approximate surface area is 106 Å². The Morgan fingerprint density at radius 1 is 1.39 bits per heavy atom. The topological polar surface area (TPSA) is 72.6 Å². The molecule has 1 aromatic carbocycles. The predicted octanol–water partition coefficient (Wildman–Crippen LogP) is 0.422. The Bertz CT molecular complexity index is 479. The van der Waals surface area contributed by atoms with Crippen molar-refractivity contribution in [3.63, 3.8) is 0 Å².